The first kappa shape index (κ1) is 11.1. The third-order valence-corrected chi connectivity index (χ3v) is 3.72. The lowest BCUT2D eigenvalue weighted by Crippen LogP contribution is -2.27. The first-order chi connectivity index (χ1) is 6.59. The maximum absolute atomic E-state index is 11.8. The maximum Gasteiger partial charge on any atom is 0.244 e. The van der Waals surface area contributed by atoms with E-state index in [2.05, 4.69) is 4.98 Å². The molecule has 1 rings (SSSR count). The predicted octanol–water partition coefficient (Wildman–Crippen LogP) is 1.11. The summed E-state index contributed by atoms with van der Waals surface area (Å²) in [5, 5.41) is 0. The van der Waals surface area contributed by atoms with E-state index in [1.54, 1.807) is 25.4 Å². The highest BCUT2D eigenvalue weighted by Gasteiger charge is 2.19. The molecule has 14 heavy (non-hydrogen) atoms. The van der Waals surface area contributed by atoms with E-state index in [0.717, 1.165) is 6.42 Å². The van der Waals surface area contributed by atoms with Gasteiger partial charge in [0.1, 0.15) is 4.90 Å². The minimum absolute atomic E-state index is 0.246. The van der Waals surface area contributed by atoms with Gasteiger partial charge in [-0.15, -0.1) is 0 Å². The van der Waals surface area contributed by atoms with Crippen molar-refractivity contribution in [2.24, 2.45) is 0 Å². The van der Waals surface area contributed by atoms with Gasteiger partial charge >= 0.3 is 0 Å². The van der Waals surface area contributed by atoms with Crippen molar-refractivity contribution < 1.29 is 8.42 Å². The molecule has 1 aromatic rings. The van der Waals surface area contributed by atoms with Gasteiger partial charge < -0.3 is 0 Å². The number of rotatable bonds is 4. The molecule has 78 valence electrons. The molecule has 1 heterocycles. The molecule has 0 bridgehead atoms. The molecule has 0 aliphatic heterocycles. The average molecular weight is 214 g/mol. The fraction of sp³-hybridized carbons (Fsp3) is 0.444. The molecule has 0 radical (unpaired) electrons. The highest BCUT2D eigenvalue weighted by atomic mass is 32.2. The molecule has 0 N–H and O–H groups in total. The van der Waals surface area contributed by atoms with Crippen LogP contribution in [0.3, 0.4) is 0 Å². The SMILES string of the molecule is CCCN(C)S(=O)(=O)c1cccnc1. The van der Waals surface area contributed by atoms with E-state index in [4.69, 9.17) is 0 Å². The van der Waals surface area contributed by atoms with Crippen LogP contribution in [0.4, 0.5) is 0 Å². The van der Waals surface area contributed by atoms with Crippen molar-refractivity contribution in [3.05, 3.63) is 24.5 Å². The van der Waals surface area contributed by atoms with Crippen LogP contribution in [0, 0.1) is 0 Å². The number of hydrogen-bond donors (Lipinski definition) is 0. The molecule has 1 aromatic heterocycles. The largest absolute Gasteiger partial charge is 0.263 e. The van der Waals surface area contributed by atoms with Gasteiger partial charge in [-0.1, -0.05) is 6.92 Å². The van der Waals surface area contributed by atoms with Gasteiger partial charge in [-0.3, -0.25) is 4.98 Å². The Labute approximate surface area is 84.6 Å². The highest BCUT2D eigenvalue weighted by molar-refractivity contribution is 7.89. The fourth-order valence-electron chi connectivity index (χ4n) is 1.11. The Balaban J connectivity index is 2.97. The summed E-state index contributed by atoms with van der Waals surface area (Å²) < 4.78 is 25.0. The van der Waals surface area contributed by atoms with Crippen molar-refractivity contribution in [3.8, 4) is 0 Å². The van der Waals surface area contributed by atoms with Crippen LogP contribution in [-0.2, 0) is 10.0 Å². The van der Waals surface area contributed by atoms with Crippen molar-refractivity contribution in [2.45, 2.75) is 18.2 Å². The van der Waals surface area contributed by atoms with Crippen LogP contribution < -0.4 is 0 Å². The second-order valence-corrected chi connectivity index (χ2v) is 5.06. The number of pyridine rings is 1. The molecule has 0 aliphatic rings. The number of aromatic nitrogens is 1. The Hall–Kier alpha value is -0.940. The van der Waals surface area contributed by atoms with E-state index in [0.29, 0.717) is 6.54 Å². The molecule has 0 spiro atoms. The number of hydrogen-bond acceptors (Lipinski definition) is 3. The first-order valence-electron chi connectivity index (χ1n) is 4.45. The van der Waals surface area contributed by atoms with E-state index in [-0.39, 0.29) is 4.90 Å². The summed E-state index contributed by atoms with van der Waals surface area (Å²) in [4.78, 5) is 4.03. The van der Waals surface area contributed by atoms with Crippen molar-refractivity contribution in [1.82, 2.24) is 9.29 Å². The van der Waals surface area contributed by atoms with Crippen LogP contribution in [-0.4, -0.2) is 31.3 Å². The van der Waals surface area contributed by atoms with E-state index >= 15 is 0 Å². The Morgan fingerprint density at radius 3 is 2.71 bits per heavy atom. The lowest BCUT2D eigenvalue weighted by Gasteiger charge is -2.15. The molecule has 0 atom stereocenters. The lowest BCUT2D eigenvalue weighted by atomic mass is 10.5. The summed E-state index contributed by atoms with van der Waals surface area (Å²) in [7, 11) is -1.76. The second kappa shape index (κ2) is 4.52. The molecule has 0 amide bonds. The zero-order chi connectivity index (χ0) is 10.6. The molecular formula is C9H14N2O2S. The number of sulfonamides is 1. The molecule has 5 heteroatoms. The van der Waals surface area contributed by atoms with Crippen LogP contribution in [0.5, 0.6) is 0 Å². The molecule has 0 aromatic carbocycles. The average Bonchev–Trinajstić information content (AvgIpc) is 2.19. The van der Waals surface area contributed by atoms with E-state index in [1.165, 1.54) is 10.5 Å². The summed E-state index contributed by atoms with van der Waals surface area (Å²) in [5.74, 6) is 0. The number of nitrogens with zero attached hydrogens (tertiary/aromatic N) is 2. The molecule has 0 saturated carbocycles. The van der Waals surface area contributed by atoms with Crippen LogP contribution in [0.2, 0.25) is 0 Å². The predicted molar refractivity (Wildman–Crippen MR) is 54.3 cm³/mol. The van der Waals surface area contributed by atoms with E-state index in [9.17, 15) is 8.42 Å². The second-order valence-electron chi connectivity index (χ2n) is 3.02. The molecular weight excluding hydrogens is 200 g/mol. The smallest absolute Gasteiger partial charge is 0.244 e. The Kier molecular flexibility index (Phi) is 3.60. The molecule has 0 saturated heterocycles. The van der Waals surface area contributed by atoms with Gasteiger partial charge in [-0.05, 0) is 18.6 Å². The maximum atomic E-state index is 11.8. The van der Waals surface area contributed by atoms with Crippen LogP contribution in [0.1, 0.15) is 13.3 Å². The topological polar surface area (TPSA) is 50.3 Å². The minimum atomic E-state index is -3.33. The normalized spacial score (nSPS) is 11.9. The van der Waals surface area contributed by atoms with Crippen LogP contribution >= 0.6 is 0 Å². The summed E-state index contributed by atoms with van der Waals surface area (Å²) in [6.45, 7) is 2.46. The Morgan fingerprint density at radius 2 is 2.21 bits per heavy atom. The van der Waals surface area contributed by atoms with Crippen LogP contribution in [0.25, 0.3) is 0 Å². The lowest BCUT2D eigenvalue weighted by molar-refractivity contribution is 0.468. The van der Waals surface area contributed by atoms with Crippen molar-refractivity contribution in [3.63, 3.8) is 0 Å². The van der Waals surface area contributed by atoms with Crippen LogP contribution in [0.15, 0.2) is 29.4 Å². The van der Waals surface area contributed by atoms with Crippen molar-refractivity contribution in [2.75, 3.05) is 13.6 Å². The summed E-state index contributed by atoms with van der Waals surface area (Å²) in [6.07, 6.45) is 3.72. The van der Waals surface area contributed by atoms with E-state index < -0.39 is 10.0 Å². The monoisotopic (exact) mass is 214 g/mol. The minimum Gasteiger partial charge on any atom is -0.263 e. The van der Waals surface area contributed by atoms with Crippen molar-refractivity contribution >= 4 is 10.0 Å². The zero-order valence-corrected chi connectivity index (χ0v) is 9.16. The van der Waals surface area contributed by atoms with E-state index in [1.807, 2.05) is 6.92 Å². The van der Waals surface area contributed by atoms with Gasteiger partial charge in [0, 0.05) is 26.0 Å². The van der Waals surface area contributed by atoms with Gasteiger partial charge in [0.25, 0.3) is 0 Å². The van der Waals surface area contributed by atoms with Gasteiger partial charge in [0.05, 0.1) is 0 Å². The zero-order valence-electron chi connectivity index (χ0n) is 8.34. The quantitative estimate of drug-likeness (QED) is 0.754. The summed E-state index contributed by atoms with van der Waals surface area (Å²) in [5.41, 5.74) is 0. The first-order valence-corrected chi connectivity index (χ1v) is 5.89. The third kappa shape index (κ3) is 2.30. The van der Waals surface area contributed by atoms with Gasteiger partial charge in [-0.2, -0.15) is 0 Å². The molecule has 4 nitrogen and oxygen atoms in total. The van der Waals surface area contributed by atoms with Gasteiger partial charge in [0.15, 0.2) is 0 Å². The fourth-order valence-corrected chi connectivity index (χ4v) is 2.34. The van der Waals surface area contributed by atoms with Crippen molar-refractivity contribution in [1.29, 1.82) is 0 Å². The molecule has 0 aliphatic carbocycles. The van der Waals surface area contributed by atoms with Gasteiger partial charge in [0.2, 0.25) is 10.0 Å². The van der Waals surface area contributed by atoms with Gasteiger partial charge in [-0.25, -0.2) is 12.7 Å². The Morgan fingerprint density at radius 1 is 1.50 bits per heavy atom. The highest BCUT2D eigenvalue weighted by Crippen LogP contribution is 2.11. The summed E-state index contributed by atoms with van der Waals surface area (Å²) in [6, 6.07) is 3.17. The molecule has 0 unspecified atom stereocenters. The third-order valence-electron chi connectivity index (χ3n) is 1.88. The standard InChI is InChI=1S/C9H14N2O2S/c1-3-7-11(2)14(12,13)9-5-4-6-10-8-9/h4-6,8H,3,7H2,1-2H3. The summed E-state index contributed by atoms with van der Waals surface area (Å²) >= 11 is 0. The molecule has 0 fully saturated rings. The Bertz CT molecular complexity index is 375.